The van der Waals surface area contributed by atoms with Crippen molar-refractivity contribution in [3.8, 4) is 0 Å². The molecule has 240 valence electrons. The van der Waals surface area contributed by atoms with E-state index in [9.17, 15) is 19.2 Å². The van der Waals surface area contributed by atoms with Gasteiger partial charge in [0.2, 0.25) is 0 Å². The molecule has 0 fully saturated rings. The molecule has 0 amide bonds. The summed E-state index contributed by atoms with van der Waals surface area (Å²) in [5.74, 6) is -1.82. The number of hydrogen-bond acceptors (Lipinski definition) is 12. The van der Waals surface area contributed by atoms with Crippen molar-refractivity contribution in [1.29, 1.82) is 0 Å². The van der Waals surface area contributed by atoms with Crippen LogP contribution in [0.3, 0.4) is 0 Å². The Labute approximate surface area is 278 Å². The van der Waals surface area contributed by atoms with Crippen LogP contribution in [0.15, 0.2) is 70.1 Å². The first-order valence-corrected chi connectivity index (χ1v) is 18.1. The fourth-order valence-electron chi connectivity index (χ4n) is 4.19. The average molecular weight is 689 g/mol. The third kappa shape index (κ3) is 12.9. The molecule has 8 nitrogen and oxygen atoms in total. The molecule has 0 aromatic carbocycles. The maximum atomic E-state index is 12.8. The van der Waals surface area contributed by atoms with Gasteiger partial charge in [-0.3, -0.25) is 19.2 Å². The maximum absolute atomic E-state index is 12.8. The largest absolute Gasteiger partial charge is 0.465 e. The van der Waals surface area contributed by atoms with Gasteiger partial charge in [0.1, 0.15) is 31.8 Å². The predicted molar refractivity (Wildman–Crippen MR) is 177 cm³/mol. The summed E-state index contributed by atoms with van der Waals surface area (Å²) in [6.07, 6.45) is 2.70. The standard InChI is InChI=1S/C33H36O8S4/c34-29(13-9-25-5-1-17-42-25)38-21-33(22-39-30(35)14-10-26-6-2-18-43-26,23-40-31(36)15-11-27-7-3-19-44-27)24-41-32(37)16-12-28-8-4-20-45-28/h1-8,17-20H,9-16,21-24H2. The van der Waals surface area contributed by atoms with Crippen molar-refractivity contribution in [2.75, 3.05) is 26.4 Å². The van der Waals surface area contributed by atoms with Gasteiger partial charge in [0.15, 0.2) is 0 Å². The van der Waals surface area contributed by atoms with Crippen molar-refractivity contribution < 1.29 is 38.1 Å². The van der Waals surface area contributed by atoms with Gasteiger partial charge in [-0.1, -0.05) is 24.3 Å². The van der Waals surface area contributed by atoms with Crippen LogP contribution in [-0.2, 0) is 63.8 Å². The smallest absolute Gasteiger partial charge is 0.306 e. The van der Waals surface area contributed by atoms with Gasteiger partial charge in [-0.25, -0.2) is 0 Å². The van der Waals surface area contributed by atoms with E-state index in [0.29, 0.717) is 25.7 Å². The molecule has 12 heteroatoms. The Morgan fingerprint density at radius 3 is 0.889 bits per heavy atom. The number of thiophene rings is 4. The summed E-state index contributed by atoms with van der Waals surface area (Å²) in [6, 6.07) is 15.5. The Morgan fingerprint density at radius 2 is 0.689 bits per heavy atom. The van der Waals surface area contributed by atoms with E-state index in [1.54, 1.807) is 45.3 Å². The van der Waals surface area contributed by atoms with Gasteiger partial charge in [-0.2, -0.15) is 0 Å². The molecular weight excluding hydrogens is 653 g/mol. The Balaban J connectivity index is 1.41. The van der Waals surface area contributed by atoms with Crippen molar-refractivity contribution in [3.05, 3.63) is 89.6 Å². The first-order chi connectivity index (χ1) is 21.9. The molecule has 45 heavy (non-hydrogen) atoms. The van der Waals surface area contributed by atoms with Gasteiger partial charge in [-0.15, -0.1) is 45.3 Å². The number of ether oxygens (including phenoxy) is 4. The Bertz CT molecular complexity index is 1210. The average Bonchev–Trinajstić information content (AvgIpc) is 3.89. The maximum Gasteiger partial charge on any atom is 0.306 e. The summed E-state index contributed by atoms with van der Waals surface area (Å²) in [4.78, 5) is 55.3. The lowest BCUT2D eigenvalue weighted by atomic mass is 9.92. The van der Waals surface area contributed by atoms with Gasteiger partial charge in [0.05, 0.1) is 25.7 Å². The van der Waals surface area contributed by atoms with Crippen LogP contribution in [0.2, 0.25) is 0 Å². The van der Waals surface area contributed by atoms with Crippen molar-refractivity contribution in [2.24, 2.45) is 5.41 Å². The number of aryl methyl sites for hydroxylation is 4. The van der Waals surface area contributed by atoms with Crippen LogP contribution in [0.4, 0.5) is 0 Å². The highest BCUT2D eigenvalue weighted by atomic mass is 32.1. The van der Waals surface area contributed by atoms with Gasteiger partial charge < -0.3 is 18.9 Å². The zero-order valence-electron chi connectivity index (χ0n) is 24.8. The summed E-state index contributed by atoms with van der Waals surface area (Å²) >= 11 is 6.22. The molecule has 0 spiro atoms. The SMILES string of the molecule is O=C(CCc1cccs1)OCC(COC(=O)CCc1cccs1)(COC(=O)CCc1cccs1)COC(=O)CCc1cccs1. The van der Waals surface area contributed by atoms with E-state index in [2.05, 4.69) is 0 Å². The van der Waals surface area contributed by atoms with E-state index in [0.717, 1.165) is 19.5 Å². The van der Waals surface area contributed by atoms with E-state index >= 15 is 0 Å². The van der Waals surface area contributed by atoms with Crippen LogP contribution in [0.5, 0.6) is 0 Å². The van der Waals surface area contributed by atoms with Gasteiger partial charge in [-0.05, 0) is 71.5 Å². The minimum atomic E-state index is -1.28. The lowest BCUT2D eigenvalue weighted by Crippen LogP contribution is -2.44. The Morgan fingerprint density at radius 1 is 0.444 bits per heavy atom. The van der Waals surface area contributed by atoms with Crippen molar-refractivity contribution >= 4 is 69.2 Å². The Hall–Kier alpha value is -3.32. The van der Waals surface area contributed by atoms with Crippen LogP contribution >= 0.6 is 45.3 Å². The second kappa shape index (κ2) is 18.6. The number of carbonyl (C=O) groups excluding carboxylic acids is 4. The Kier molecular flexibility index (Phi) is 14.3. The van der Waals surface area contributed by atoms with Crippen molar-refractivity contribution in [1.82, 2.24) is 0 Å². The van der Waals surface area contributed by atoms with Crippen molar-refractivity contribution in [2.45, 2.75) is 51.4 Å². The number of carbonyl (C=O) groups is 4. The second-order valence-corrected chi connectivity index (χ2v) is 14.6. The van der Waals surface area contributed by atoms with E-state index < -0.39 is 29.3 Å². The molecule has 0 N–H and O–H groups in total. The molecule has 0 unspecified atom stereocenters. The van der Waals surface area contributed by atoms with Crippen LogP contribution in [0.25, 0.3) is 0 Å². The molecule has 4 aromatic heterocycles. The molecule has 0 aliphatic heterocycles. The van der Waals surface area contributed by atoms with Crippen LogP contribution in [-0.4, -0.2) is 50.3 Å². The van der Waals surface area contributed by atoms with Crippen LogP contribution < -0.4 is 0 Å². The second-order valence-electron chi connectivity index (χ2n) is 10.5. The molecule has 0 aliphatic carbocycles. The van der Waals surface area contributed by atoms with Crippen LogP contribution in [0.1, 0.15) is 45.2 Å². The minimum absolute atomic E-state index is 0.151. The molecule has 0 atom stereocenters. The normalized spacial score (nSPS) is 11.2. The lowest BCUT2D eigenvalue weighted by molar-refractivity contribution is -0.170. The molecule has 4 heterocycles. The fraction of sp³-hybridized carbons (Fsp3) is 0.394. The summed E-state index contributed by atoms with van der Waals surface area (Å²) in [5.41, 5.74) is -1.28. The molecular formula is C33H36O8S4. The zero-order chi connectivity index (χ0) is 31.7. The highest BCUT2D eigenvalue weighted by molar-refractivity contribution is 7.10. The van der Waals surface area contributed by atoms with Gasteiger partial charge in [0, 0.05) is 19.5 Å². The molecule has 0 bridgehead atoms. The molecule has 0 saturated carbocycles. The van der Waals surface area contributed by atoms with E-state index in [1.165, 1.54) is 0 Å². The summed E-state index contributed by atoms with van der Waals surface area (Å²) in [6.45, 7) is -1.04. The fourth-order valence-corrected chi connectivity index (χ4v) is 7.03. The van der Waals surface area contributed by atoms with Crippen LogP contribution in [0, 0.1) is 5.41 Å². The predicted octanol–water partition coefficient (Wildman–Crippen LogP) is 6.92. The topological polar surface area (TPSA) is 105 Å². The summed E-state index contributed by atoms with van der Waals surface area (Å²) in [7, 11) is 0. The number of hydrogen-bond donors (Lipinski definition) is 0. The highest BCUT2D eigenvalue weighted by Gasteiger charge is 2.38. The molecule has 0 aliphatic rings. The molecule has 0 radical (unpaired) electrons. The number of esters is 4. The summed E-state index contributed by atoms with van der Waals surface area (Å²) in [5, 5.41) is 7.77. The first-order valence-electron chi connectivity index (χ1n) is 14.6. The van der Waals surface area contributed by atoms with Gasteiger partial charge in [0.25, 0.3) is 0 Å². The monoisotopic (exact) mass is 688 g/mol. The van der Waals surface area contributed by atoms with E-state index in [4.69, 9.17) is 18.9 Å². The third-order valence-corrected chi connectivity index (χ3v) is 10.5. The number of rotatable bonds is 20. The van der Waals surface area contributed by atoms with Crippen molar-refractivity contribution in [3.63, 3.8) is 0 Å². The lowest BCUT2D eigenvalue weighted by Gasteiger charge is -2.31. The minimum Gasteiger partial charge on any atom is -0.465 e. The third-order valence-electron chi connectivity index (χ3n) is 6.78. The first kappa shape index (κ1) is 34.6. The molecule has 0 saturated heterocycles. The molecule has 4 rings (SSSR count). The zero-order valence-corrected chi connectivity index (χ0v) is 28.1. The molecule has 4 aromatic rings. The van der Waals surface area contributed by atoms with E-state index in [1.807, 2.05) is 70.1 Å². The highest BCUT2D eigenvalue weighted by Crippen LogP contribution is 2.24. The van der Waals surface area contributed by atoms with E-state index in [-0.39, 0.29) is 52.1 Å². The summed E-state index contributed by atoms with van der Waals surface area (Å²) < 4.78 is 22.6. The van der Waals surface area contributed by atoms with Gasteiger partial charge >= 0.3 is 23.9 Å². The quantitative estimate of drug-likeness (QED) is 0.0728.